The van der Waals surface area contributed by atoms with Crippen molar-refractivity contribution in [3.63, 3.8) is 0 Å². The van der Waals surface area contributed by atoms with Crippen LogP contribution >= 0.6 is 0 Å². The van der Waals surface area contributed by atoms with Crippen LogP contribution in [0, 0.1) is 6.92 Å². The van der Waals surface area contributed by atoms with Gasteiger partial charge in [0.25, 0.3) is 0 Å². The topological polar surface area (TPSA) is 46.3 Å². The number of aromatic nitrogens is 1. The maximum atomic E-state index is 9.62. The maximum Gasteiger partial charge on any atom is 0.227 e. The zero-order chi connectivity index (χ0) is 10.4. The lowest BCUT2D eigenvalue weighted by Crippen LogP contribution is -1.77. The van der Waals surface area contributed by atoms with Crippen LogP contribution in [0.15, 0.2) is 34.7 Å². The minimum atomic E-state index is 0.156. The number of furan rings is 1. The van der Waals surface area contributed by atoms with Gasteiger partial charge in [0.2, 0.25) is 5.71 Å². The fraction of sp³-hybridized carbons (Fsp3) is 0.0833. The largest absolute Gasteiger partial charge is 0.504 e. The Labute approximate surface area is 86.0 Å². The highest BCUT2D eigenvalue weighted by Gasteiger charge is 2.10. The molecule has 0 bridgehead atoms. The first-order valence-electron chi connectivity index (χ1n) is 4.73. The summed E-state index contributed by atoms with van der Waals surface area (Å²) >= 11 is 0. The molecule has 15 heavy (non-hydrogen) atoms. The average molecular weight is 199 g/mol. The zero-order valence-corrected chi connectivity index (χ0v) is 8.19. The molecule has 3 heteroatoms. The molecule has 1 N–H and O–H groups in total. The third-order valence-electron chi connectivity index (χ3n) is 2.48. The van der Waals surface area contributed by atoms with Crippen LogP contribution in [0.25, 0.3) is 22.1 Å². The van der Waals surface area contributed by atoms with Gasteiger partial charge >= 0.3 is 0 Å². The first-order chi connectivity index (χ1) is 7.25. The minimum absolute atomic E-state index is 0.156. The molecule has 0 spiro atoms. The van der Waals surface area contributed by atoms with Gasteiger partial charge in [-0.1, -0.05) is 12.1 Å². The number of phenols is 1. The second-order valence-electron chi connectivity index (χ2n) is 3.56. The molecule has 2 heterocycles. The standard InChI is InChI=1S/C12H9NO2/c1-7-5-6-9-8-3-2-4-10(14)11(8)15-12(9)13-7/h2-6,14H,1H3. The van der Waals surface area contributed by atoms with E-state index in [0.29, 0.717) is 11.3 Å². The van der Waals surface area contributed by atoms with Crippen molar-refractivity contribution < 1.29 is 9.52 Å². The van der Waals surface area contributed by atoms with Crippen LogP contribution in [-0.4, -0.2) is 10.1 Å². The number of hydrogen-bond donors (Lipinski definition) is 1. The highest BCUT2D eigenvalue weighted by molar-refractivity contribution is 6.05. The Morgan fingerprint density at radius 3 is 2.87 bits per heavy atom. The number of nitrogens with zero attached hydrogens (tertiary/aromatic N) is 1. The molecule has 0 saturated carbocycles. The summed E-state index contributed by atoms with van der Waals surface area (Å²) in [5.74, 6) is 0.156. The molecule has 0 atom stereocenters. The summed E-state index contributed by atoms with van der Waals surface area (Å²) in [5, 5.41) is 11.5. The van der Waals surface area contributed by atoms with E-state index < -0.39 is 0 Å². The Bertz CT molecular complexity index is 655. The van der Waals surface area contributed by atoms with Gasteiger partial charge in [-0.05, 0) is 25.1 Å². The number of phenolic OH excluding ortho intramolecular Hbond substituents is 1. The van der Waals surface area contributed by atoms with E-state index in [1.807, 2.05) is 25.1 Å². The molecule has 0 unspecified atom stereocenters. The SMILES string of the molecule is Cc1ccc2c(n1)oc1c(O)cccc12. The Hall–Kier alpha value is -2.03. The van der Waals surface area contributed by atoms with Crippen molar-refractivity contribution in [2.24, 2.45) is 0 Å². The third-order valence-corrected chi connectivity index (χ3v) is 2.48. The van der Waals surface area contributed by atoms with Gasteiger partial charge in [0, 0.05) is 16.5 Å². The predicted molar refractivity (Wildman–Crippen MR) is 57.9 cm³/mol. The van der Waals surface area contributed by atoms with E-state index in [2.05, 4.69) is 4.98 Å². The van der Waals surface area contributed by atoms with Crippen molar-refractivity contribution >= 4 is 22.1 Å². The molecule has 3 rings (SSSR count). The van der Waals surface area contributed by atoms with Gasteiger partial charge in [-0.2, -0.15) is 0 Å². The second kappa shape index (κ2) is 2.73. The van der Waals surface area contributed by atoms with Crippen molar-refractivity contribution in [3.05, 3.63) is 36.0 Å². The molecule has 0 aliphatic heterocycles. The van der Waals surface area contributed by atoms with Crippen LogP contribution in [0.3, 0.4) is 0 Å². The van der Waals surface area contributed by atoms with Crippen molar-refractivity contribution in [1.29, 1.82) is 0 Å². The molecule has 1 aromatic carbocycles. The highest BCUT2D eigenvalue weighted by Crippen LogP contribution is 2.32. The summed E-state index contributed by atoms with van der Waals surface area (Å²) < 4.78 is 5.50. The Morgan fingerprint density at radius 1 is 1.13 bits per heavy atom. The van der Waals surface area contributed by atoms with Crippen LogP contribution in [0.4, 0.5) is 0 Å². The monoisotopic (exact) mass is 199 g/mol. The molecule has 3 aromatic rings. The fourth-order valence-corrected chi connectivity index (χ4v) is 1.76. The predicted octanol–water partition coefficient (Wildman–Crippen LogP) is 3.00. The summed E-state index contributed by atoms with van der Waals surface area (Å²) in [4.78, 5) is 4.28. The molecule has 0 aliphatic rings. The summed E-state index contributed by atoms with van der Waals surface area (Å²) in [6.07, 6.45) is 0. The highest BCUT2D eigenvalue weighted by atomic mass is 16.4. The van der Waals surface area contributed by atoms with Gasteiger partial charge in [0.15, 0.2) is 11.3 Å². The fourth-order valence-electron chi connectivity index (χ4n) is 1.76. The molecule has 0 amide bonds. The zero-order valence-electron chi connectivity index (χ0n) is 8.19. The van der Waals surface area contributed by atoms with E-state index in [1.165, 1.54) is 0 Å². The average Bonchev–Trinajstić information content (AvgIpc) is 2.57. The number of aromatic hydroxyl groups is 1. The number of pyridine rings is 1. The Morgan fingerprint density at radius 2 is 2.00 bits per heavy atom. The van der Waals surface area contributed by atoms with Crippen molar-refractivity contribution in [2.45, 2.75) is 6.92 Å². The summed E-state index contributed by atoms with van der Waals surface area (Å²) in [6, 6.07) is 9.21. The van der Waals surface area contributed by atoms with E-state index >= 15 is 0 Å². The summed E-state index contributed by atoms with van der Waals surface area (Å²) in [6.45, 7) is 1.91. The maximum absolute atomic E-state index is 9.62. The normalized spacial score (nSPS) is 11.3. The number of para-hydroxylation sites is 1. The van der Waals surface area contributed by atoms with Crippen LogP contribution in [-0.2, 0) is 0 Å². The number of benzene rings is 1. The lowest BCUT2D eigenvalue weighted by molar-refractivity contribution is 0.468. The van der Waals surface area contributed by atoms with Crippen LogP contribution in [0.2, 0.25) is 0 Å². The molecule has 0 radical (unpaired) electrons. The second-order valence-corrected chi connectivity index (χ2v) is 3.56. The van der Waals surface area contributed by atoms with E-state index in [9.17, 15) is 5.11 Å². The van der Waals surface area contributed by atoms with E-state index in [-0.39, 0.29) is 5.75 Å². The molecular formula is C12H9NO2. The number of hydrogen-bond acceptors (Lipinski definition) is 3. The lowest BCUT2D eigenvalue weighted by atomic mass is 10.2. The van der Waals surface area contributed by atoms with Gasteiger partial charge < -0.3 is 9.52 Å². The Kier molecular flexibility index (Phi) is 1.51. The number of rotatable bonds is 0. The lowest BCUT2D eigenvalue weighted by Gasteiger charge is -1.90. The van der Waals surface area contributed by atoms with Gasteiger partial charge in [0.1, 0.15) is 0 Å². The first kappa shape index (κ1) is 8.29. The van der Waals surface area contributed by atoms with Crippen molar-refractivity contribution in [1.82, 2.24) is 4.98 Å². The molecule has 0 fully saturated rings. The summed E-state index contributed by atoms with van der Waals surface area (Å²) in [5.41, 5.74) is 1.98. The minimum Gasteiger partial charge on any atom is -0.504 e. The number of aryl methyl sites for hydroxylation is 1. The van der Waals surface area contributed by atoms with Gasteiger partial charge in [-0.15, -0.1) is 0 Å². The Balaban J connectivity index is 2.57. The van der Waals surface area contributed by atoms with E-state index in [1.54, 1.807) is 12.1 Å². The van der Waals surface area contributed by atoms with E-state index in [4.69, 9.17) is 4.42 Å². The summed E-state index contributed by atoms with van der Waals surface area (Å²) in [7, 11) is 0. The van der Waals surface area contributed by atoms with Gasteiger partial charge in [-0.25, -0.2) is 4.98 Å². The molecular weight excluding hydrogens is 190 g/mol. The van der Waals surface area contributed by atoms with Crippen LogP contribution in [0.1, 0.15) is 5.69 Å². The van der Waals surface area contributed by atoms with Crippen LogP contribution < -0.4 is 0 Å². The number of fused-ring (bicyclic) bond motifs is 3. The third kappa shape index (κ3) is 1.09. The van der Waals surface area contributed by atoms with Crippen molar-refractivity contribution in [2.75, 3.05) is 0 Å². The van der Waals surface area contributed by atoms with E-state index in [0.717, 1.165) is 16.5 Å². The quantitative estimate of drug-likeness (QED) is 0.605. The van der Waals surface area contributed by atoms with Crippen LogP contribution in [0.5, 0.6) is 5.75 Å². The van der Waals surface area contributed by atoms with Crippen molar-refractivity contribution in [3.8, 4) is 5.75 Å². The smallest absolute Gasteiger partial charge is 0.227 e. The molecule has 0 aliphatic carbocycles. The molecule has 2 aromatic heterocycles. The van der Waals surface area contributed by atoms with Gasteiger partial charge in [-0.3, -0.25) is 0 Å². The first-order valence-corrected chi connectivity index (χ1v) is 4.73. The molecule has 3 nitrogen and oxygen atoms in total. The molecule has 0 saturated heterocycles. The van der Waals surface area contributed by atoms with Gasteiger partial charge in [0.05, 0.1) is 0 Å². The molecule has 74 valence electrons.